The minimum Gasteiger partial charge on any atom is -0.495 e. The van der Waals surface area contributed by atoms with Crippen molar-refractivity contribution < 1.29 is 22.7 Å². The van der Waals surface area contributed by atoms with Gasteiger partial charge in [-0.15, -0.1) is 0 Å². The summed E-state index contributed by atoms with van der Waals surface area (Å²) < 4.78 is 33.5. The van der Waals surface area contributed by atoms with E-state index in [1.54, 1.807) is 55.5 Å². The van der Waals surface area contributed by atoms with Crippen molar-refractivity contribution in [3.8, 4) is 5.75 Å². The molecule has 0 fully saturated rings. The molecule has 0 atom stereocenters. The van der Waals surface area contributed by atoms with Crippen molar-refractivity contribution in [2.45, 2.75) is 24.7 Å². The van der Waals surface area contributed by atoms with E-state index in [-0.39, 0.29) is 47.3 Å². The van der Waals surface area contributed by atoms with Crippen LogP contribution in [0.3, 0.4) is 0 Å². The maximum atomic E-state index is 13.4. The molecule has 0 saturated carbocycles. The number of carbonyl (C=O) groups is 2. The molecule has 0 aromatic heterocycles. The first-order chi connectivity index (χ1) is 17.3. The second-order valence-corrected chi connectivity index (χ2v) is 9.77. The maximum Gasteiger partial charge on any atom is 0.271 e. The minimum absolute atomic E-state index is 0.00373. The lowest BCUT2D eigenvalue weighted by atomic mass is 10.1. The van der Waals surface area contributed by atoms with E-state index in [0.29, 0.717) is 11.4 Å². The first-order valence-corrected chi connectivity index (χ1v) is 12.8. The van der Waals surface area contributed by atoms with Crippen molar-refractivity contribution >= 4 is 44.6 Å². The molecule has 4 rings (SSSR count). The van der Waals surface area contributed by atoms with Crippen molar-refractivity contribution in [2.24, 2.45) is 5.10 Å². The third-order valence-electron chi connectivity index (χ3n) is 5.63. The Kier molecular flexibility index (Phi) is 7.35. The van der Waals surface area contributed by atoms with Crippen LogP contribution in [-0.4, -0.2) is 39.6 Å². The third-order valence-corrected chi connectivity index (χ3v) is 7.53. The van der Waals surface area contributed by atoms with Gasteiger partial charge < -0.3 is 10.1 Å². The van der Waals surface area contributed by atoms with Crippen LogP contribution >= 0.6 is 0 Å². The van der Waals surface area contributed by atoms with Gasteiger partial charge in [0.1, 0.15) is 11.5 Å². The van der Waals surface area contributed by atoms with Crippen LogP contribution in [0.15, 0.2) is 88.9 Å². The summed E-state index contributed by atoms with van der Waals surface area (Å²) in [6, 6.07) is 21.9. The Morgan fingerprint density at radius 1 is 1.03 bits per heavy atom. The number of hydrogen-bond acceptors (Lipinski definition) is 6. The lowest BCUT2D eigenvalue weighted by Crippen LogP contribution is -2.36. The summed E-state index contributed by atoms with van der Waals surface area (Å²) in [6.45, 7) is 1.97. The standard InChI is InChI=1S/C26H26N4O5S/c1-3-29(19-10-6-4-7-11-19)36(33,34)21-14-16-24(35-2)23(18-21)27-26(32)22-15-17-25(31)30(28-22)20-12-8-5-9-13-20/h4-14,16,18H,3,15,17H2,1-2H3,(H,27,32). The Morgan fingerprint density at radius 2 is 1.69 bits per heavy atom. The number of nitrogens with zero attached hydrogens (tertiary/aromatic N) is 3. The van der Waals surface area contributed by atoms with Gasteiger partial charge in [-0.3, -0.25) is 13.9 Å². The van der Waals surface area contributed by atoms with Gasteiger partial charge in [0.05, 0.1) is 29.1 Å². The molecule has 1 N–H and O–H groups in total. The molecule has 1 aliphatic rings. The number of nitrogens with one attached hydrogen (secondary N) is 1. The molecule has 0 spiro atoms. The van der Waals surface area contributed by atoms with Crippen molar-refractivity contribution in [2.75, 3.05) is 28.3 Å². The zero-order valence-corrected chi connectivity index (χ0v) is 20.7. The normalized spacial score (nSPS) is 13.7. The molecule has 3 aromatic rings. The number of sulfonamides is 1. The van der Waals surface area contributed by atoms with Crippen LogP contribution in [0.1, 0.15) is 19.8 Å². The molecule has 3 aromatic carbocycles. The summed E-state index contributed by atoms with van der Waals surface area (Å²) in [5.74, 6) is -0.479. The second kappa shape index (κ2) is 10.6. The van der Waals surface area contributed by atoms with E-state index in [1.165, 1.54) is 34.6 Å². The highest BCUT2D eigenvalue weighted by atomic mass is 32.2. The lowest BCUT2D eigenvalue weighted by molar-refractivity contribution is -0.118. The smallest absolute Gasteiger partial charge is 0.271 e. The number of benzene rings is 3. The van der Waals surface area contributed by atoms with E-state index in [9.17, 15) is 18.0 Å². The number of hydrazone groups is 1. The van der Waals surface area contributed by atoms with Gasteiger partial charge >= 0.3 is 0 Å². The van der Waals surface area contributed by atoms with Crippen LogP contribution in [0.4, 0.5) is 17.1 Å². The molecule has 0 saturated heterocycles. The van der Waals surface area contributed by atoms with Crippen LogP contribution in [-0.2, 0) is 19.6 Å². The fourth-order valence-electron chi connectivity index (χ4n) is 3.84. The first kappa shape index (κ1) is 24.9. The monoisotopic (exact) mass is 506 g/mol. The second-order valence-electron chi connectivity index (χ2n) is 7.91. The summed E-state index contributed by atoms with van der Waals surface area (Å²) >= 11 is 0. The highest BCUT2D eigenvalue weighted by Gasteiger charge is 2.28. The average Bonchev–Trinajstić information content (AvgIpc) is 2.90. The predicted molar refractivity (Wildman–Crippen MR) is 139 cm³/mol. The molecule has 0 radical (unpaired) electrons. The Bertz CT molecular complexity index is 1390. The number of para-hydroxylation sites is 2. The van der Waals surface area contributed by atoms with Crippen LogP contribution in [0.25, 0.3) is 0 Å². The van der Waals surface area contributed by atoms with E-state index in [0.717, 1.165) is 0 Å². The summed E-state index contributed by atoms with van der Waals surface area (Å²) in [5.41, 5.74) is 1.41. The number of carbonyl (C=O) groups excluding carboxylic acids is 2. The molecule has 0 bridgehead atoms. The van der Waals surface area contributed by atoms with Gasteiger partial charge in [-0.05, 0) is 49.4 Å². The highest BCUT2D eigenvalue weighted by molar-refractivity contribution is 7.92. The van der Waals surface area contributed by atoms with Gasteiger partial charge in [-0.1, -0.05) is 36.4 Å². The fourth-order valence-corrected chi connectivity index (χ4v) is 5.34. The number of amides is 2. The van der Waals surface area contributed by atoms with Crippen molar-refractivity contribution in [1.82, 2.24) is 0 Å². The largest absolute Gasteiger partial charge is 0.495 e. The molecule has 36 heavy (non-hydrogen) atoms. The van der Waals surface area contributed by atoms with E-state index in [2.05, 4.69) is 10.4 Å². The quantitative estimate of drug-likeness (QED) is 0.496. The van der Waals surface area contributed by atoms with E-state index >= 15 is 0 Å². The van der Waals surface area contributed by atoms with Gasteiger partial charge in [-0.25, -0.2) is 13.4 Å². The number of rotatable bonds is 8. The van der Waals surface area contributed by atoms with Crippen LogP contribution in [0.5, 0.6) is 5.75 Å². The lowest BCUT2D eigenvalue weighted by Gasteiger charge is -2.24. The molecular weight excluding hydrogens is 480 g/mol. The molecule has 1 heterocycles. The fraction of sp³-hybridized carbons (Fsp3) is 0.192. The van der Waals surface area contributed by atoms with Gasteiger partial charge in [0.25, 0.3) is 15.9 Å². The molecule has 2 amide bonds. The van der Waals surface area contributed by atoms with Gasteiger partial charge in [0.15, 0.2) is 0 Å². The Morgan fingerprint density at radius 3 is 2.33 bits per heavy atom. The van der Waals surface area contributed by atoms with Crippen molar-refractivity contribution in [1.29, 1.82) is 0 Å². The van der Waals surface area contributed by atoms with Gasteiger partial charge in [0, 0.05) is 19.4 Å². The zero-order valence-electron chi connectivity index (χ0n) is 19.9. The minimum atomic E-state index is -3.92. The number of hydrogen-bond donors (Lipinski definition) is 1. The third kappa shape index (κ3) is 5.08. The molecule has 9 nitrogen and oxygen atoms in total. The van der Waals surface area contributed by atoms with Crippen LogP contribution in [0, 0.1) is 0 Å². The Hall–Kier alpha value is -4.18. The SMILES string of the molecule is CCN(c1ccccc1)S(=O)(=O)c1ccc(OC)c(NC(=O)C2=NN(c3ccccc3)C(=O)CC2)c1. The van der Waals surface area contributed by atoms with Gasteiger partial charge in [0.2, 0.25) is 5.91 Å². The summed E-state index contributed by atoms with van der Waals surface area (Å²) in [6.07, 6.45) is 0.279. The van der Waals surface area contributed by atoms with Crippen LogP contribution in [0.2, 0.25) is 0 Å². The maximum absolute atomic E-state index is 13.4. The summed E-state index contributed by atoms with van der Waals surface area (Å²) in [5, 5.41) is 8.17. The van der Waals surface area contributed by atoms with Crippen molar-refractivity contribution in [3.63, 3.8) is 0 Å². The Labute approximate surface area is 210 Å². The highest BCUT2D eigenvalue weighted by Crippen LogP contribution is 2.31. The number of anilines is 3. The molecule has 0 unspecified atom stereocenters. The van der Waals surface area contributed by atoms with Gasteiger partial charge in [-0.2, -0.15) is 5.10 Å². The first-order valence-electron chi connectivity index (χ1n) is 11.4. The summed E-state index contributed by atoms with van der Waals surface area (Å²) in [7, 11) is -2.50. The van der Waals surface area contributed by atoms with E-state index < -0.39 is 15.9 Å². The molecule has 0 aliphatic carbocycles. The van der Waals surface area contributed by atoms with Crippen LogP contribution < -0.4 is 19.4 Å². The van der Waals surface area contributed by atoms with E-state index in [1.807, 2.05) is 12.1 Å². The van der Waals surface area contributed by atoms with Crippen molar-refractivity contribution in [3.05, 3.63) is 78.9 Å². The number of ether oxygens (including phenoxy) is 1. The average molecular weight is 507 g/mol. The molecule has 10 heteroatoms. The molecule has 1 aliphatic heterocycles. The topological polar surface area (TPSA) is 108 Å². The molecular formula is C26H26N4O5S. The zero-order chi connectivity index (χ0) is 25.7. The Balaban J connectivity index is 1.64. The summed E-state index contributed by atoms with van der Waals surface area (Å²) in [4.78, 5) is 25.5. The molecule has 186 valence electrons. The predicted octanol–water partition coefficient (Wildman–Crippen LogP) is 4.03. The van der Waals surface area contributed by atoms with E-state index in [4.69, 9.17) is 4.74 Å². The number of methoxy groups -OCH3 is 1.